The van der Waals surface area contributed by atoms with Crippen molar-refractivity contribution in [3.05, 3.63) is 0 Å². The zero-order valence-electron chi connectivity index (χ0n) is 18.8. The average Bonchev–Trinajstić information content (AvgIpc) is 2.62. The van der Waals surface area contributed by atoms with Crippen LogP contribution in [0.3, 0.4) is 0 Å². The predicted molar refractivity (Wildman–Crippen MR) is 113 cm³/mol. The molecule has 11 nitrogen and oxygen atoms in total. The van der Waals surface area contributed by atoms with Gasteiger partial charge < -0.3 is 31.9 Å². The van der Waals surface area contributed by atoms with Crippen molar-refractivity contribution in [2.75, 3.05) is 0 Å². The first-order valence-corrected chi connectivity index (χ1v) is 10.4. The SMILES string of the molecule is CC(C)CC(N)C(=O)NC(CCC(=O)O)C(=O)NC(CC(C)C)C(=O)NC(C)C(=O)O. The number of nitrogens with one attached hydrogen (secondary N) is 3. The lowest BCUT2D eigenvalue weighted by Gasteiger charge is -2.25. The fourth-order valence-corrected chi connectivity index (χ4v) is 2.78. The van der Waals surface area contributed by atoms with Crippen molar-refractivity contribution in [2.45, 2.75) is 84.5 Å². The standard InChI is InChI=1S/C20H36N4O7/c1-10(2)8-13(21)17(27)23-14(6-7-16(25)26)18(28)24-15(9-11(3)4)19(29)22-12(5)20(30)31/h10-15H,6-9,21H2,1-5H3,(H,22,29)(H,23,27)(H,24,28)(H,25,26)(H,30,31). The van der Waals surface area contributed by atoms with Gasteiger partial charge in [0.05, 0.1) is 6.04 Å². The smallest absolute Gasteiger partial charge is 0.325 e. The second kappa shape index (κ2) is 13.6. The van der Waals surface area contributed by atoms with Crippen LogP contribution in [0.2, 0.25) is 0 Å². The summed E-state index contributed by atoms with van der Waals surface area (Å²) >= 11 is 0. The Kier molecular flexibility index (Phi) is 12.4. The summed E-state index contributed by atoms with van der Waals surface area (Å²) in [6, 6.07) is -4.29. The Balaban J connectivity index is 5.40. The molecule has 3 amide bonds. The fourth-order valence-electron chi connectivity index (χ4n) is 2.78. The molecule has 178 valence electrons. The predicted octanol–water partition coefficient (Wildman–Crippen LogP) is -0.170. The van der Waals surface area contributed by atoms with Crippen molar-refractivity contribution in [3.8, 4) is 0 Å². The molecule has 0 bridgehead atoms. The number of nitrogens with two attached hydrogens (primary N) is 1. The summed E-state index contributed by atoms with van der Waals surface area (Å²) in [5.41, 5.74) is 5.84. The summed E-state index contributed by atoms with van der Waals surface area (Å²) in [5, 5.41) is 25.2. The number of carbonyl (C=O) groups is 5. The minimum atomic E-state index is -1.23. The Morgan fingerprint density at radius 1 is 0.742 bits per heavy atom. The van der Waals surface area contributed by atoms with Crippen LogP contribution in [0.4, 0.5) is 0 Å². The molecule has 0 rings (SSSR count). The van der Waals surface area contributed by atoms with Crippen LogP contribution in [-0.2, 0) is 24.0 Å². The van der Waals surface area contributed by atoms with Crippen molar-refractivity contribution < 1.29 is 34.2 Å². The monoisotopic (exact) mass is 444 g/mol. The summed E-state index contributed by atoms with van der Waals surface area (Å²) < 4.78 is 0. The van der Waals surface area contributed by atoms with Gasteiger partial charge in [-0.3, -0.25) is 24.0 Å². The van der Waals surface area contributed by atoms with Crippen LogP contribution in [0.1, 0.15) is 60.3 Å². The third-order valence-electron chi connectivity index (χ3n) is 4.41. The summed E-state index contributed by atoms with van der Waals surface area (Å²) in [7, 11) is 0. The van der Waals surface area contributed by atoms with E-state index in [4.69, 9.17) is 15.9 Å². The van der Waals surface area contributed by atoms with E-state index in [9.17, 15) is 24.0 Å². The van der Waals surface area contributed by atoms with Crippen LogP contribution in [0.5, 0.6) is 0 Å². The van der Waals surface area contributed by atoms with Gasteiger partial charge >= 0.3 is 11.9 Å². The Morgan fingerprint density at radius 3 is 1.68 bits per heavy atom. The molecule has 0 aromatic rings. The van der Waals surface area contributed by atoms with Crippen molar-refractivity contribution in [1.82, 2.24) is 16.0 Å². The largest absolute Gasteiger partial charge is 0.481 e. The topological polar surface area (TPSA) is 188 Å². The van der Waals surface area contributed by atoms with Gasteiger partial charge in [-0.05, 0) is 38.0 Å². The molecule has 0 aliphatic heterocycles. The van der Waals surface area contributed by atoms with E-state index in [1.54, 1.807) is 0 Å². The maximum absolute atomic E-state index is 12.8. The average molecular weight is 445 g/mol. The molecule has 0 aromatic heterocycles. The zero-order valence-corrected chi connectivity index (χ0v) is 18.8. The Hall–Kier alpha value is -2.69. The van der Waals surface area contributed by atoms with Crippen LogP contribution in [-0.4, -0.2) is 64.0 Å². The van der Waals surface area contributed by atoms with Gasteiger partial charge in [0.1, 0.15) is 18.1 Å². The van der Waals surface area contributed by atoms with E-state index < -0.39 is 53.8 Å². The molecule has 0 fully saturated rings. The Bertz CT molecular complexity index is 651. The fraction of sp³-hybridized carbons (Fsp3) is 0.750. The molecule has 0 aliphatic rings. The molecule has 4 atom stereocenters. The van der Waals surface area contributed by atoms with E-state index in [0.717, 1.165) is 0 Å². The number of hydrogen-bond acceptors (Lipinski definition) is 6. The lowest BCUT2D eigenvalue weighted by atomic mass is 10.0. The molecule has 4 unspecified atom stereocenters. The second-order valence-electron chi connectivity index (χ2n) is 8.49. The third kappa shape index (κ3) is 11.9. The van der Waals surface area contributed by atoms with Gasteiger partial charge in [0.15, 0.2) is 0 Å². The summed E-state index contributed by atoms with van der Waals surface area (Å²) in [6.45, 7) is 8.70. The van der Waals surface area contributed by atoms with E-state index in [-0.39, 0.29) is 31.1 Å². The Morgan fingerprint density at radius 2 is 1.23 bits per heavy atom. The van der Waals surface area contributed by atoms with Crippen LogP contribution >= 0.6 is 0 Å². The van der Waals surface area contributed by atoms with E-state index in [1.165, 1.54) is 6.92 Å². The van der Waals surface area contributed by atoms with Crippen LogP contribution in [0, 0.1) is 11.8 Å². The zero-order chi connectivity index (χ0) is 24.3. The van der Waals surface area contributed by atoms with Crippen molar-refractivity contribution in [2.24, 2.45) is 17.6 Å². The number of amides is 3. The molecule has 0 aliphatic carbocycles. The van der Waals surface area contributed by atoms with Gasteiger partial charge in [-0.2, -0.15) is 0 Å². The van der Waals surface area contributed by atoms with Crippen LogP contribution < -0.4 is 21.7 Å². The summed E-state index contributed by atoms with van der Waals surface area (Å²) in [4.78, 5) is 59.6. The van der Waals surface area contributed by atoms with Gasteiger partial charge in [-0.25, -0.2) is 0 Å². The molecule has 31 heavy (non-hydrogen) atoms. The first-order valence-electron chi connectivity index (χ1n) is 10.4. The van der Waals surface area contributed by atoms with Crippen molar-refractivity contribution in [3.63, 3.8) is 0 Å². The quantitative estimate of drug-likeness (QED) is 0.213. The summed E-state index contributed by atoms with van der Waals surface area (Å²) in [5.74, 6) is -4.26. The molecule has 11 heteroatoms. The normalized spacial score (nSPS) is 15.0. The molecule has 0 saturated heterocycles. The first kappa shape index (κ1) is 28.3. The van der Waals surface area contributed by atoms with E-state index >= 15 is 0 Å². The Labute approximate surface area is 182 Å². The van der Waals surface area contributed by atoms with Crippen LogP contribution in [0.25, 0.3) is 0 Å². The van der Waals surface area contributed by atoms with Gasteiger partial charge in [0.25, 0.3) is 0 Å². The lowest BCUT2D eigenvalue weighted by molar-refractivity contribution is -0.142. The number of carboxylic acids is 2. The van der Waals surface area contributed by atoms with E-state index in [1.807, 2.05) is 27.7 Å². The van der Waals surface area contributed by atoms with Gasteiger partial charge in [-0.15, -0.1) is 0 Å². The molecule has 0 radical (unpaired) electrons. The highest BCUT2D eigenvalue weighted by molar-refractivity contribution is 5.94. The molecule has 0 saturated carbocycles. The first-order chi connectivity index (χ1) is 14.2. The minimum Gasteiger partial charge on any atom is -0.481 e. The molecule has 0 aromatic carbocycles. The molecule has 7 N–H and O–H groups in total. The third-order valence-corrected chi connectivity index (χ3v) is 4.41. The lowest BCUT2D eigenvalue weighted by Crippen LogP contribution is -2.57. The second-order valence-corrected chi connectivity index (χ2v) is 8.49. The number of carbonyl (C=O) groups excluding carboxylic acids is 3. The maximum Gasteiger partial charge on any atom is 0.325 e. The highest BCUT2D eigenvalue weighted by atomic mass is 16.4. The number of rotatable bonds is 14. The van der Waals surface area contributed by atoms with Gasteiger partial charge in [0.2, 0.25) is 17.7 Å². The van der Waals surface area contributed by atoms with Gasteiger partial charge in [0, 0.05) is 6.42 Å². The highest BCUT2D eigenvalue weighted by Gasteiger charge is 2.30. The minimum absolute atomic E-state index is 0.0114. The van der Waals surface area contributed by atoms with Crippen LogP contribution in [0.15, 0.2) is 0 Å². The number of aliphatic carboxylic acids is 2. The summed E-state index contributed by atoms with van der Waals surface area (Å²) in [6.07, 6.45) is 0.0264. The van der Waals surface area contributed by atoms with Crippen molar-refractivity contribution in [1.29, 1.82) is 0 Å². The number of carboxylic acid groups (broad SMARTS) is 2. The number of hydrogen-bond donors (Lipinski definition) is 6. The van der Waals surface area contributed by atoms with E-state index in [0.29, 0.717) is 6.42 Å². The van der Waals surface area contributed by atoms with Gasteiger partial charge in [-0.1, -0.05) is 27.7 Å². The van der Waals surface area contributed by atoms with E-state index in [2.05, 4.69) is 16.0 Å². The molecular formula is C20H36N4O7. The molecule has 0 spiro atoms. The van der Waals surface area contributed by atoms with Crippen molar-refractivity contribution >= 4 is 29.7 Å². The molecule has 0 heterocycles. The highest BCUT2D eigenvalue weighted by Crippen LogP contribution is 2.08. The molecular weight excluding hydrogens is 408 g/mol. The maximum atomic E-state index is 12.8.